The van der Waals surface area contributed by atoms with Gasteiger partial charge >= 0.3 is 0 Å². The van der Waals surface area contributed by atoms with Crippen molar-refractivity contribution in [3.63, 3.8) is 0 Å². The lowest BCUT2D eigenvalue weighted by Crippen LogP contribution is -2.48. The highest BCUT2D eigenvalue weighted by molar-refractivity contribution is 5.47. The van der Waals surface area contributed by atoms with Gasteiger partial charge in [0.1, 0.15) is 0 Å². The summed E-state index contributed by atoms with van der Waals surface area (Å²) in [5.74, 6) is 0.630. The second-order valence-electron chi connectivity index (χ2n) is 4.42. The highest BCUT2D eigenvalue weighted by atomic mass is 16.5. The summed E-state index contributed by atoms with van der Waals surface area (Å²) in [6.45, 7) is 7.22. The number of nitrogens with zero attached hydrogens (tertiary/aromatic N) is 1. The lowest BCUT2D eigenvalue weighted by atomic mass is 10.0. The van der Waals surface area contributed by atoms with Crippen LogP contribution in [0.4, 0.5) is 5.69 Å². The molecule has 0 aromatic heterocycles. The van der Waals surface area contributed by atoms with Crippen LogP contribution >= 0.6 is 0 Å². The number of para-hydroxylation sites is 1. The lowest BCUT2D eigenvalue weighted by molar-refractivity contribution is 0.0807. The zero-order valence-electron chi connectivity index (χ0n) is 9.52. The van der Waals surface area contributed by atoms with Gasteiger partial charge in [0.15, 0.2) is 0 Å². The first-order valence-electron chi connectivity index (χ1n) is 5.68. The molecule has 1 aromatic carbocycles. The van der Waals surface area contributed by atoms with Gasteiger partial charge in [-0.25, -0.2) is 0 Å². The van der Waals surface area contributed by atoms with Gasteiger partial charge in [-0.3, -0.25) is 0 Å². The van der Waals surface area contributed by atoms with Crippen LogP contribution in [0.5, 0.6) is 0 Å². The molecule has 1 fully saturated rings. The minimum Gasteiger partial charge on any atom is -0.377 e. The predicted octanol–water partition coefficient (Wildman–Crippen LogP) is 2.55. The molecule has 2 heteroatoms. The average molecular weight is 205 g/mol. The van der Waals surface area contributed by atoms with Crippen LogP contribution in [0.25, 0.3) is 0 Å². The summed E-state index contributed by atoms with van der Waals surface area (Å²) in [7, 11) is 0. The molecule has 0 spiro atoms. The molecular weight excluding hydrogens is 186 g/mol. The molecule has 1 aromatic rings. The smallest absolute Gasteiger partial charge is 0.0673 e. The molecule has 1 aliphatic heterocycles. The SMILES string of the molecule is CC(C)[C@H]1COCCN1c1ccccc1. The molecule has 1 atom stereocenters. The van der Waals surface area contributed by atoms with E-state index in [9.17, 15) is 0 Å². The first kappa shape index (κ1) is 10.5. The van der Waals surface area contributed by atoms with Gasteiger partial charge in [0.2, 0.25) is 0 Å². The molecule has 0 N–H and O–H groups in total. The molecule has 0 radical (unpaired) electrons. The Morgan fingerprint density at radius 2 is 2.00 bits per heavy atom. The fourth-order valence-electron chi connectivity index (χ4n) is 2.12. The van der Waals surface area contributed by atoms with Gasteiger partial charge in [-0.15, -0.1) is 0 Å². The molecule has 1 heterocycles. The summed E-state index contributed by atoms with van der Waals surface area (Å²) in [5.41, 5.74) is 1.32. The Morgan fingerprint density at radius 3 is 2.67 bits per heavy atom. The van der Waals surface area contributed by atoms with Crippen molar-refractivity contribution in [3.05, 3.63) is 30.3 Å². The van der Waals surface area contributed by atoms with Crippen LogP contribution in [0, 0.1) is 5.92 Å². The zero-order valence-corrected chi connectivity index (χ0v) is 9.52. The predicted molar refractivity (Wildman–Crippen MR) is 63.2 cm³/mol. The fraction of sp³-hybridized carbons (Fsp3) is 0.538. The van der Waals surface area contributed by atoms with E-state index in [0.29, 0.717) is 12.0 Å². The van der Waals surface area contributed by atoms with Crippen LogP contribution in [0.1, 0.15) is 13.8 Å². The lowest BCUT2D eigenvalue weighted by Gasteiger charge is -2.39. The number of anilines is 1. The third-order valence-electron chi connectivity index (χ3n) is 3.02. The normalized spacial score (nSPS) is 22.1. The van der Waals surface area contributed by atoms with Crippen molar-refractivity contribution < 1.29 is 4.74 Å². The Labute approximate surface area is 91.9 Å². The fourth-order valence-corrected chi connectivity index (χ4v) is 2.12. The van der Waals surface area contributed by atoms with E-state index in [-0.39, 0.29) is 0 Å². The highest BCUT2D eigenvalue weighted by Gasteiger charge is 2.25. The van der Waals surface area contributed by atoms with E-state index in [4.69, 9.17) is 4.74 Å². The van der Waals surface area contributed by atoms with E-state index in [0.717, 1.165) is 19.8 Å². The van der Waals surface area contributed by atoms with Crippen LogP contribution < -0.4 is 4.90 Å². The number of ether oxygens (including phenoxy) is 1. The first-order chi connectivity index (χ1) is 7.29. The molecule has 82 valence electrons. The summed E-state index contributed by atoms with van der Waals surface area (Å²) in [5, 5.41) is 0. The molecule has 2 rings (SSSR count). The molecule has 0 aliphatic carbocycles. The van der Waals surface area contributed by atoms with Crippen molar-refractivity contribution in [2.24, 2.45) is 5.92 Å². The highest BCUT2D eigenvalue weighted by Crippen LogP contribution is 2.23. The monoisotopic (exact) mass is 205 g/mol. The molecule has 0 bridgehead atoms. The third kappa shape index (κ3) is 2.32. The standard InChI is InChI=1S/C13H19NO/c1-11(2)13-10-15-9-8-14(13)12-6-4-3-5-7-12/h3-7,11,13H,8-10H2,1-2H3/t13-/m1/s1. The van der Waals surface area contributed by atoms with Crippen molar-refractivity contribution in [1.29, 1.82) is 0 Å². The van der Waals surface area contributed by atoms with E-state index in [2.05, 4.69) is 49.1 Å². The summed E-state index contributed by atoms with van der Waals surface area (Å²) >= 11 is 0. The zero-order chi connectivity index (χ0) is 10.7. The maximum Gasteiger partial charge on any atom is 0.0673 e. The number of hydrogen-bond donors (Lipinski definition) is 0. The van der Waals surface area contributed by atoms with Crippen LogP contribution in [0.15, 0.2) is 30.3 Å². The quantitative estimate of drug-likeness (QED) is 0.735. The van der Waals surface area contributed by atoms with Gasteiger partial charge < -0.3 is 9.64 Å². The van der Waals surface area contributed by atoms with E-state index >= 15 is 0 Å². The maximum atomic E-state index is 5.55. The van der Waals surface area contributed by atoms with Crippen LogP contribution in [0.2, 0.25) is 0 Å². The number of benzene rings is 1. The maximum absolute atomic E-state index is 5.55. The molecule has 15 heavy (non-hydrogen) atoms. The first-order valence-corrected chi connectivity index (χ1v) is 5.68. The van der Waals surface area contributed by atoms with Gasteiger partial charge in [-0.2, -0.15) is 0 Å². The molecule has 1 saturated heterocycles. The van der Waals surface area contributed by atoms with Crippen molar-refractivity contribution in [2.45, 2.75) is 19.9 Å². The van der Waals surface area contributed by atoms with Gasteiger partial charge in [-0.1, -0.05) is 32.0 Å². The molecule has 0 amide bonds. The van der Waals surface area contributed by atoms with Crippen LogP contribution in [-0.2, 0) is 4.74 Å². The molecule has 2 nitrogen and oxygen atoms in total. The third-order valence-corrected chi connectivity index (χ3v) is 3.02. The Balaban J connectivity index is 2.18. The van der Waals surface area contributed by atoms with Gasteiger partial charge in [0.05, 0.1) is 19.3 Å². The Bertz CT molecular complexity index is 297. The Kier molecular flexibility index (Phi) is 3.27. The van der Waals surface area contributed by atoms with E-state index < -0.39 is 0 Å². The van der Waals surface area contributed by atoms with E-state index in [1.807, 2.05) is 0 Å². The Hall–Kier alpha value is -1.02. The second kappa shape index (κ2) is 4.67. The second-order valence-corrected chi connectivity index (χ2v) is 4.42. The number of hydrogen-bond acceptors (Lipinski definition) is 2. The largest absolute Gasteiger partial charge is 0.377 e. The molecule has 1 aliphatic rings. The minimum atomic E-state index is 0.515. The van der Waals surface area contributed by atoms with Crippen molar-refractivity contribution in [2.75, 3.05) is 24.7 Å². The van der Waals surface area contributed by atoms with Gasteiger partial charge in [-0.05, 0) is 18.1 Å². The van der Waals surface area contributed by atoms with Crippen molar-refractivity contribution >= 4 is 5.69 Å². The average Bonchev–Trinajstić information content (AvgIpc) is 2.30. The molecule has 0 saturated carbocycles. The topological polar surface area (TPSA) is 12.5 Å². The molecular formula is C13H19NO. The van der Waals surface area contributed by atoms with Crippen molar-refractivity contribution in [1.82, 2.24) is 0 Å². The van der Waals surface area contributed by atoms with Gasteiger partial charge in [0.25, 0.3) is 0 Å². The van der Waals surface area contributed by atoms with Crippen LogP contribution in [-0.4, -0.2) is 25.8 Å². The van der Waals surface area contributed by atoms with Crippen molar-refractivity contribution in [3.8, 4) is 0 Å². The van der Waals surface area contributed by atoms with E-state index in [1.54, 1.807) is 0 Å². The molecule has 0 unspecified atom stereocenters. The van der Waals surface area contributed by atoms with Gasteiger partial charge in [0, 0.05) is 12.2 Å². The minimum absolute atomic E-state index is 0.515. The summed E-state index contributed by atoms with van der Waals surface area (Å²) in [6, 6.07) is 11.1. The summed E-state index contributed by atoms with van der Waals surface area (Å²) in [4.78, 5) is 2.47. The number of rotatable bonds is 2. The van der Waals surface area contributed by atoms with Crippen LogP contribution in [0.3, 0.4) is 0 Å². The van der Waals surface area contributed by atoms with E-state index in [1.165, 1.54) is 5.69 Å². The summed E-state index contributed by atoms with van der Waals surface area (Å²) < 4.78 is 5.55. The Morgan fingerprint density at radius 1 is 1.27 bits per heavy atom. The number of morpholine rings is 1. The summed E-state index contributed by atoms with van der Waals surface area (Å²) in [6.07, 6.45) is 0.